The molecule has 140 valence electrons. The highest BCUT2D eigenvalue weighted by Gasteiger charge is 2.87. The summed E-state index contributed by atoms with van der Waals surface area (Å²) < 4.78 is 11.9. The van der Waals surface area contributed by atoms with Crippen LogP contribution in [0, 0.1) is 11.3 Å². The lowest BCUT2D eigenvalue weighted by Crippen LogP contribution is -2.78. The predicted octanol–water partition coefficient (Wildman–Crippen LogP) is 1.81. The summed E-state index contributed by atoms with van der Waals surface area (Å²) in [4.78, 5) is 28.7. The van der Waals surface area contributed by atoms with Gasteiger partial charge in [0.25, 0.3) is 0 Å². The van der Waals surface area contributed by atoms with Crippen LogP contribution in [0.2, 0.25) is 0 Å². The molecule has 6 atom stereocenters. The summed E-state index contributed by atoms with van der Waals surface area (Å²) in [5, 5.41) is 3.63. The van der Waals surface area contributed by atoms with E-state index in [9.17, 15) is 9.59 Å². The number of para-hydroxylation sites is 1. The Balaban J connectivity index is 1.75. The van der Waals surface area contributed by atoms with Gasteiger partial charge in [0.05, 0.1) is 18.6 Å². The van der Waals surface area contributed by atoms with Crippen molar-refractivity contribution < 1.29 is 19.1 Å². The molecule has 1 aromatic rings. The third-order valence-electron chi connectivity index (χ3n) is 7.99. The maximum absolute atomic E-state index is 13.4. The number of piperidine rings is 2. The normalized spacial score (nSPS) is 46.9. The van der Waals surface area contributed by atoms with Gasteiger partial charge >= 0.3 is 5.97 Å². The molecule has 6 nitrogen and oxygen atoms in total. The number of methoxy groups -OCH3 is 1. The SMILES string of the molecule is CC=C1CN2[C@@H]3C[C@@]45c6ccccc6N[C@]4(O3)[C@H]2C[C@@H]1[C@]5(C=O)C(=O)OC. The molecule has 3 saturated heterocycles. The molecule has 4 fully saturated rings. The zero-order chi connectivity index (χ0) is 18.6. The van der Waals surface area contributed by atoms with E-state index in [1.807, 2.05) is 31.2 Å². The lowest BCUT2D eigenvalue weighted by molar-refractivity contribution is -0.182. The van der Waals surface area contributed by atoms with E-state index < -0.39 is 22.5 Å². The Morgan fingerprint density at radius 3 is 2.96 bits per heavy atom. The smallest absolute Gasteiger partial charge is 0.320 e. The Hall–Kier alpha value is -2.18. The van der Waals surface area contributed by atoms with Crippen molar-refractivity contribution in [3.8, 4) is 0 Å². The van der Waals surface area contributed by atoms with Crippen LogP contribution in [0.1, 0.15) is 25.3 Å². The lowest BCUT2D eigenvalue weighted by Gasteiger charge is -2.63. The van der Waals surface area contributed by atoms with E-state index in [4.69, 9.17) is 9.47 Å². The van der Waals surface area contributed by atoms with Crippen LogP contribution in [-0.4, -0.2) is 48.8 Å². The van der Waals surface area contributed by atoms with Crippen molar-refractivity contribution >= 4 is 17.9 Å². The molecule has 1 spiro atoms. The van der Waals surface area contributed by atoms with Crippen molar-refractivity contribution in [3.63, 3.8) is 0 Å². The van der Waals surface area contributed by atoms with Gasteiger partial charge in [0.2, 0.25) is 0 Å². The van der Waals surface area contributed by atoms with Gasteiger partial charge in [0.1, 0.15) is 17.9 Å². The topological polar surface area (TPSA) is 67.9 Å². The van der Waals surface area contributed by atoms with E-state index in [1.54, 1.807) is 0 Å². The Bertz CT molecular complexity index is 929. The average molecular weight is 366 g/mol. The molecular formula is C21H22N2O4. The van der Waals surface area contributed by atoms with Gasteiger partial charge in [-0.2, -0.15) is 0 Å². The standard InChI is InChI=1S/C21H22N2O4/c1-3-12-10-23-16-8-14(12)19(11-24,18(25)26-2)20-9-17(23)27-21(16,20)22-15-7-5-4-6-13(15)20/h3-7,11,14,16-17,22H,8-10H2,1-2H3/t14-,16+,17-,19+,20-,21-/m0/s1. The highest BCUT2D eigenvalue weighted by atomic mass is 16.6. The first kappa shape index (κ1) is 15.8. The number of aldehydes is 1. The van der Waals surface area contributed by atoms with E-state index in [1.165, 1.54) is 7.11 Å². The van der Waals surface area contributed by atoms with Crippen LogP contribution in [0.15, 0.2) is 35.9 Å². The van der Waals surface area contributed by atoms with Crippen molar-refractivity contribution in [1.29, 1.82) is 0 Å². The highest BCUT2D eigenvalue weighted by Crippen LogP contribution is 2.75. The fourth-order valence-electron chi connectivity index (χ4n) is 7.14. The van der Waals surface area contributed by atoms with Crippen LogP contribution >= 0.6 is 0 Å². The maximum atomic E-state index is 13.4. The number of nitrogens with one attached hydrogen (secondary N) is 1. The van der Waals surface area contributed by atoms with Crippen LogP contribution < -0.4 is 5.32 Å². The van der Waals surface area contributed by atoms with E-state index in [-0.39, 0.29) is 18.2 Å². The number of nitrogens with zero attached hydrogens (tertiary/aromatic N) is 1. The third kappa shape index (κ3) is 1.32. The summed E-state index contributed by atoms with van der Waals surface area (Å²) in [6.07, 6.45) is 4.18. The summed E-state index contributed by atoms with van der Waals surface area (Å²) in [7, 11) is 1.38. The third-order valence-corrected chi connectivity index (χ3v) is 7.99. The number of carbonyl (C=O) groups is 2. The molecule has 1 N–H and O–H groups in total. The monoisotopic (exact) mass is 366 g/mol. The molecule has 5 aliphatic rings. The molecule has 1 saturated carbocycles. The molecule has 0 unspecified atom stereocenters. The number of hydrogen-bond donors (Lipinski definition) is 1. The summed E-state index contributed by atoms with van der Waals surface area (Å²) in [6, 6.07) is 8.15. The second-order valence-electron chi connectivity index (χ2n) is 8.41. The quantitative estimate of drug-likeness (QED) is 0.373. The molecule has 4 heterocycles. The number of carbonyl (C=O) groups excluding carboxylic acids is 2. The zero-order valence-corrected chi connectivity index (χ0v) is 15.4. The number of anilines is 1. The van der Waals surface area contributed by atoms with E-state index in [0.29, 0.717) is 12.8 Å². The van der Waals surface area contributed by atoms with Gasteiger partial charge in [-0.05, 0) is 25.0 Å². The van der Waals surface area contributed by atoms with Gasteiger partial charge in [-0.15, -0.1) is 0 Å². The van der Waals surface area contributed by atoms with Gasteiger partial charge in [0, 0.05) is 24.6 Å². The largest absolute Gasteiger partial charge is 0.468 e. The van der Waals surface area contributed by atoms with Gasteiger partial charge in [-0.25, -0.2) is 0 Å². The molecule has 0 radical (unpaired) electrons. The molecule has 6 heteroatoms. The molecule has 4 aliphatic heterocycles. The summed E-state index contributed by atoms with van der Waals surface area (Å²) in [5.74, 6) is -0.611. The number of hydrogen-bond acceptors (Lipinski definition) is 6. The lowest BCUT2D eigenvalue weighted by atomic mass is 9.42. The second kappa shape index (κ2) is 4.62. The predicted molar refractivity (Wildman–Crippen MR) is 96.8 cm³/mol. The number of esters is 1. The number of benzene rings is 1. The molecule has 6 rings (SSSR count). The fraction of sp³-hybridized carbons (Fsp3) is 0.524. The van der Waals surface area contributed by atoms with Crippen molar-refractivity contribution in [2.45, 2.75) is 43.2 Å². The van der Waals surface area contributed by atoms with Crippen LogP contribution in [0.25, 0.3) is 0 Å². The van der Waals surface area contributed by atoms with Crippen LogP contribution in [0.3, 0.4) is 0 Å². The molecule has 4 bridgehead atoms. The molecular weight excluding hydrogens is 344 g/mol. The molecule has 1 aromatic carbocycles. The Morgan fingerprint density at radius 2 is 2.22 bits per heavy atom. The molecule has 1 aliphatic carbocycles. The Kier molecular flexibility index (Phi) is 2.71. The molecule has 0 aromatic heterocycles. The van der Waals surface area contributed by atoms with Crippen molar-refractivity contribution in [2.24, 2.45) is 11.3 Å². The van der Waals surface area contributed by atoms with E-state index >= 15 is 0 Å². The Labute approximate surface area is 157 Å². The highest BCUT2D eigenvalue weighted by molar-refractivity contribution is 5.99. The van der Waals surface area contributed by atoms with Gasteiger partial charge in [-0.3, -0.25) is 9.69 Å². The van der Waals surface area contributed by atoms with Gasteiger partial charge in [0.15, 0.2) is 5.72 Å². The minimum atomic E-state index is -1.29. The number of rotatable bonds is 2. The first-order valence-electron chi connectivity index (χ1n) is 9.60. The van der Waals surface area contributed by atoms with Crippen molar-refractivity contribution in [2.75, 3.05) is 19.0 Å². The number of ether oxygens (including phenoxy) is 2. The second-order valence-corrected chi connectivity index (χ2v) is 8.41. The summed E-state index contributed by atoms with van der Waals surface area (Å²) in [6.45, 7) is 2.73. The minimum Gasteiger partial charge on any atom is -0.468 e. The van der Waals surface area contributed by atoms with Crippen LogP contribution in [0.4, 0.5) is 5.69 Å². The van der Waals surface area contributed by atoms with Crippen molar-refractivity contribution in [3.05, 3.63) is 41.5 Å². The van der Waals surface area contributed by atoms with Crippen molar-refractivity contribution in [1.82, 2.24) is 4.90 Å². The number of allylic oxidation sites excluding steroid dienone is 1. The summed E-state index contributed by atoms with van der Waals surface area (Å²) in [5.41, 5.74) is 0.303. The first-order valence-corrected chi connectivity index (χ1v) is 9.60. The van der Waals surface area contributed by atoms with E-state index in [2.05, 4.69) is 16.3 Å². The minimum absolute atomic E-state index is 0.101. The Morgan fingerprint density at radius 1 is 1.41 bits per heavy atom. The average Bonchev–Trinajstić information content (AvgIpc) is 3.30. The molecule has 27 heavy (non-hydrogen) atoms. The number of fused-ring (bicyclic) bond motifs is 4. The molecule has 0 amide bonds. The van der Waals surface area contributed by atoms with E-state index in [0.717, 1.165) is 29.7 Å². The zero-order valence-electron chi connectivity index (χ0n) is 15.4. The van der Waals surface area contributed by atoms with Crippen LogP contribution in [-0.2, 0) is 24.5 Å². The fourth-order valence-corrected chi connectivity index (χ4v) is 7.14. The maximum Gasteiger partial charge on any atom is 0.320 e. The van der Waals surface area contributed by atoms with Gasteiger partial charge < -0.3 is 19.6 Å². The van der Waals surface area contributed by atoms with Gasteiger partial charge in [-0.1, -0.05) is 29.8 Å². The summed E-state index contributed by atoms with van der Waals surface area (Å²) >= 11 is 0. The first-order chi connectivity index (χ1) is 13.1. The van der Waals surface area contributed by atoms with Crippen LogP contribution in [0.5, 0.6) is 0 Å².